The smallest absolute Gasteiger partial charge is 0.164 e. The number of hydrogen-bond donors (Lipinski definition) is 0. The topological polar surface area (TPSA) is 64.5 Å². The Hall–Kier alpha value is -5.55. The molecule has 2 aromatic heterocycles. The summed E-state index contributed by atoms with van der Waals surface area (Å²) in [6.07, 6.45) is 0. The van der Waals surface area contributed by atoms with Crippen molar-refractivity contribution in [3.8, 4) is 56.5 Å². The largest absolute Gasteiger partial charge is 0.239 e. The molecule has 0 amide bonds. The summed E-state index contributed by atoms with van der Waals surface area (Å²) in [5, 5.41) is 2.37. The third-order valence-corrected chi connectivity index (χ3v) is 7.25. The molecule has 7 aromatic rings. The summed E-state index contributed by atoms with van der Waals surface area (Å²) in [4.78, 5) is 24.2. The van der Waals surface area contributed by atoms with Gasteiger partial charge in [-0.05, 0) is 60.0 Å². The molecule has 0 saturated carbocycles. The van der Waals surface area contributed by atoms with Crippen LogP contribution < -0.4 is 0 Å². The SMILES string of the molecule is Cc1cc(-c2cc(-c3nc(-c4ccccc4)nc(-c4ccccc4)n3)cc(-c3cccc4ccccc34)c2)nc(C)n1. The second-order valence-corrected chi connectivity index (χ2v) is 10.3. The van der Waals surface area contributed by atoms with Crippen LogP contribution in [0.4, 0.5) is 0 Å². The molecule has 0 aliphatic carbocycles. The van der Waals surface area contributed by atoms with Crippen LogP contribution >= 0.6 is 0 Å². The lowest BCUT2D eigenvalue weighted by Gasteiger charge is -2.14. The van der Waals surface area contributed by atoms with Crippen LogP contribution in [0.1, 0.15) is 11.5 Å². The molecule has 0 saturated heterocycles. The first-order valence-electron chi connectivity index (χ1n) is 13.9. The number of nitrogens with zero attached hydrogens (tertiary/aromatic N) is 5. The summed E-state index contributed by atoms with van der Waals surface area (Å²) in [7, 11) is 0. The Morgan fingerprint density at radius 3 is 1.62 bits per heavy atom. The van der Waals surface area contributed by atoms with E-state index in [1.54, 1.807) is 0 Å². The van der Waals surface area contributed by atoms with Crippen molar-refractivity contribution in [1.29, 1.82) is 0 Å². The summed E-state index contributed by atoms with van der Waals surface area (Å²) >= 11 is 0. The predicted molar refractivity (Wildman–Crippen MR) is 170 cm³/mol. The van der Waals surface area contributed by atoms with Crippen molar-refractivity contribution < 1.29 is 0 Å². The first kappa shape index (κ1) is 25.4. The number of fused-ring (bicyclic) bond motifs is 1. The monoisotopic (exact) mass is 541 g/mol. The molecule has 0 N–H and O–H groups in total. The molecule has 5 nitrogen and oxygen atoms in total. The van der Waals surface area contributed by atoms with Gasteiger partial charge in [0.1, 0.15) is 5.82 Å². The quantitative estimate of drug-likeness (QED) is 0.218. The minimum Gasteiger partial charge on any atom is -0.239 e. The summed E-state index contributed by atoms with van der Waals surface area (Å²) < 4.78 is 0. The lowest BCUT2D eigenvalue weighted by molar-refractivity contribution is 1.02. The number of aromatic nitrogens is 5. The third-order valence-electron chi connectivity index (χ3n) is 7.25. The van der Waals surface area contributed by atoms with Gasteiger partial charge in [-0.15, -0.1) is 0 Å². The molecule has 200 valence electrons. The highest BCUT2D eigenvalue weighted by Crippen LogP contribution is 2.35. The van der Waals surface area contributed by atoms with E-state index < -0.39 is 0 Å². The van der Waals surface area contributed by atoms with Crippen LogP contribution in [-0.2, 0) is 0 Å². The highest BCUT2D eigenvalue weighted by molar-refractivity contribution is 5.98. The van der Waals surface area contributed by atoms with Gasteiger partial charge in [0.25, 0.3) is 0 Å². The summed E-state index contributed by atoms with van der Waals surface area (Å²) in [6, 6.07) is 43.5. The molecule has 0 atom stereocenters. The summed E-state index contributed by atoms with van der Waals surface area (Å²) in [5.74, 6) is 2.60. The average Bonchev–Trinajstić information content (AvgIpc) is 3.04. The van der Waals surface area contributed by atoms with E-state index in [0.717, 1.165) is 50.6 Å². The van der Waals surface area contributed by atoms with Gasteiger partial charge >= 0.3 is 0 Å². The molecule has 0 aliphatic heterocycles. The lowest BCUT2D eigenvalue weighted by Crippen LogP contribution is -2.01. The maximum atomic E-state index is 5.01. The molecular weight excluding hydrogens is 514 g/mol. The highest BCUT2D eigenvalue weighted by Gasteiger charge is 2.16. The van der Waals surface area contributed by atoms with Crippen LogP contribution in [0, 0.1) is 13.8 Å². The third kappa shape index (κ3) is 5.04. The molecule has 0 spiro atoms. The maximum absolute atomic E-state index is 5.01. The highest BCUT2D eigenvalue weighted by atomic mass is 15.0. The van der Waals surface area contributed by atoms with Crippen molar-refractivity contribution in [2.45, 2.75) is 13.8 Å². The molecule has 0 bridgehead atoms. The number of benzene rings is 5. The van der Waals surface area contributed by atoms with Gasteiger partial charge in [-0.1, -0.05) is 103 Å². The van der Waals surface area contributed by atoms with Gasteiger partial charge in [0.05, 0.1) is 5.69 Å². The minimum absolute atomic E-state index is 0.605. The molecule has 5 aromatic carbocycles. The Balaban J connectivity index is 1.50. The predicted octanol–water partition coefficient (Wildman–Crippen LogP) is 8.77. The lowest BCUT2D eigenvalue weighted by atomic mass is 9.94. The van der Waals surface area contributed by atoms with Crippen molar-refractivity contribution >= 4 is 10.8 Å². The van der Waals surface area contributed by atoms with Crippen LogP contribution in [0.5, 0.6) is 0 Å². The van der Waals surface area contributed by atoms with Crippen LogP contribution in [0.15, 0.2) is 127 Å². The Kier molecular flexibility index (Phi) is 6.53. The zero-order valence-electron chi connectivity index (χ0n) is 23.4. The fraction of sp³-hybridized carbons (Fsp3) is 0.0541. The van der Waals surface area contributed by atoms with Gasteiger partial charge in [-0.2, -0.15) is 0 Å². The van der Waals surface area contributed by atoms with Crippen LogP contribution in [0.3, 0.4) is 0 Å². The molecule has 0 aliphatic rings. The van der Waals surface area contributed by atoms with E-state index in [1.165, 1.54) is 10.8 Å². The number of rotatable bonds is 5. The Labute approximate surface area is 244 Å². The molecule has 0 unspecified atom stereocenters. The van der Waals surface area contributed by atoms with Gasteiger partial charge in [0.2, 0.25) is 0 Å². The van der Waals surface area contributed by atoms with Gasteiger partial charge in [0.15, 0.2) is 17.5 Å². The van der Waals surface area contributed by atoms with Crippen molar-refractivity contribution in [3.05, 3.63) is 139 Å². The van der Waals surface area contributed by atoms with Crippen molar-refractivity contribution in [2.24, 2.45) is 0 Å². The standard InChI is InChI=1S/C37H27N5/c1-24-20-34(39-25(2)38-24)30-21-29(33-19-11-17-26-12-9-10-18-32(26)33)22-31(23-30)37-41-35(27-13-5-3-6-14-27)40-36(42-37)28-15-7-4-8-16-28/h3-23H,1-2H3. The zero-order valence-corrected chi connectivity index (χ0v) is 23.4. The average molecular weight is 542 g/mol. The number of hydrogen-bond acceptors (Lipinski definition) is 5. The Bertz CT molecular complexity index is 1970. The minimum atomic E-state index is 0.605. The molecule has 5 heteroatoms. The van der Waals surface area contributed by atoms with E-state index in [9.17, 15) is 0 Å². The first-order chi connectivity index (χ1) is 20.6. The van der Waals surface area contributed by atoms with E-state index in [2.05, 4.69) is 65.6 Å². The normalized spacial score (nSPS) is 11.1. The fourth-order valence-electron chi connectivity index (χ4n) is 5.34. The molecule has 0 radical (unpaired) electrons. The van der Waals surface area contributed by atoms with E-state index in [4.69, 9.17) is 19.9 Å². The van der Waals surface area contributed by atoms with Crippen molar-refractivity contribution in [3.63, 3.8) is 0 Å². The van der Waals surface area contributed by atoms with Crippen molar-refractivity contribution in [2.75, 3.05) is 0 Å². The van der Waals surface area contributed by atoms with Gasteiger partial charge in [-0.25, -0.2) is 24.9 Å². The van der Waals surface area contributed by atoms with Crippen LogP contribution in [-0.4, -0.2) is 24.9 Å². The first-order valence-corrected chi connectivity index (χ1v) is 13.9. The Morgan fingerprint density at radius 2 is 0.952 bits per heavy atom. The Morgan fingerprint density at radius 1 is 0.405 bits per heavy atom. The molecule has 0 fully saturated rings. The van der Waals surface area contributed by atoms with Gasteiger partial charge in [-0.3, -0.25) is 0 Å². The molecule has 42 heavy (non-hydrogen) atoms. The fourth-order valence-corrected chi connectivity index (χ4v) is 5.34. The van der Waals surface area contributed by atoms with Crippen molar-refractivity contribution in [1.82, 2.24) is 24.9 Å². The van der Waals surface area contributed by atoms with Gasteiger partial charge in [0, 0.05) is 27.9 Å². The van der Waals surface area contributed by atoms with E-state index >= 15 is 0 Å². The number of aryl methyl sites for hydroxylation is 2. The maximum Gasteiger partial charge on any atom is 0.164 e. The van der Waals surface area contributed by atoms with Gasteiger partial charge < -0.3 is 0 Å². The van der Waals surface area contributed by atoms with E-state index in [-0.39, 0.29) is 0 Å². The second kappa shape index (κ2) is 10.8. The van der Waals surface area contributed by atoms with Crippen LogP contribution in [0.25, 0.3) is 67.3 Å². The van der Waals surface area contributed by atoms with E-state index in [0.29, 0.717) is 17.5 Å². The molecular formula is C37H27N5. The van der Waals surface area contributed by atoms with Crippen LogP contribution in [0.2, 0.25) is 0 Å². The summed E-state index contributed by atoms with van der Waals surface area (Å²) in [6.45, 7) is 3.92. The summed E-state index contributed by atoms with van der Waals surface area (Å²) in [5.41, 5.74) is 7.73. The molecule has 2 heterocycles. The zero-order chi connectivity index (χ0) is 28.5. The molecule has 7 rings (SSSR count). The van der Waals surface area contributed by atoms with E-state index in [1.807, 2.05) is 80.6 Å². The second-order valence-electron chi connectivity index (χ2n) is 10.3.